The Morgan fingerprint density at radius 2 is 1.70 bits per heavy atom. The summed E-state index contributed by atoms with van der Waals surface area (Å²) >= 11 is 5.82. The molecule has 1 unspecified atom stereocenters. The average Bonchev–Trinajstić information content (AvgIpc) is 2.70. The molecule has 0 spiro atoms. The highest BCUT2D eigenvalue weighted by Crippen LogP contribution is 2.26. The molecule has 2 aromatic carbocycles. The molecule has 0 radical (unpaired) electrons. The first kappa shape index (κ1) is 19.7. The summed E-state index contributed by atoms with van der Waals surface area (Å²) in [5.41, 5.74) is 0. The maximum atomic E-state index is 12.9. The van der Waals surface area contributed by atoms with E-state index in [0.717, 1.165) is 0 Å². The molecule has 8 heteroatoms. The van der Waals surface area contributed by atoms with Crippen LogP contribution in [0.15, 0.2) is 53.4 Å². The quantitative estimate of drug-likeness (QED) is 0.559. The van der Waals surface area contributed by atoms with Crippen molar-refractivity contribution in [1.29, 1.82) is 0 Å². The van der Waals surface area contributed by atoms with Gasteiger partial charge in [0, 0.05) is 18.1 Å². The predicted molar refractivity (Wildman–Crippen MR) is 102 cm³/mol. The third-order valence-corrected chi connectivity index (χ3v) is 6.58. The van der Waals surface area contributed by atoms with E-state index in [0.29, 0.717) is 35.9 Å². The third kappa shape index (κ3) is 4.61. The van der Waals surface area contributed by atoms with Crippen LogP contribution in [0, 0.1) is 5.92 Å². The molecule has 0 amide bonds. The Kier molecular flexibility index (Phi) is 6.04. The summed E-state index contributed by atoms with van der Waals surface area (Å²) < 4.78 is 37.5. The van der Waals surface area contributed by atoms with E-state index < -0.39 is 21.9 Å². The van der Waals surface area contributed by atoms with Crippen molar-refractivity contribution in [3.8, 4) is 11.5 Å². The molecule has 1 heterocycles. The van der Waals surface area contributed by atoms with Gasteiger partial charge >= 0.3 is 5.97 Å². The Morgan fingerprint density at radius 1 is 1.07 bits per heavy atom. The topological polar surface area (TPSA) is 72.9 Å². The predicted octanol–water partition coefficient (Wildman–Crippen LogP) is 3.35. The number of benzene rings is 2. The van der Waals surface area contributed by atoms with E-state index in [-0.39, 0.29) is 11.4 Å². The molecule has 2 aromatic rings. The van der Waals surface area contributed by atoms with E-state index in [1.54, 1.807) is 36.4 Å². The molecular formula is C19H20ClNO5S. The number of ether oxygens (including phenoxy) is 2. The first-order valence-corrected chi connectivity index (χ1v) is 10.3. The highest BCUT2D eigenvalue weighted by molar-refractivity contribution is 7.89. The van der Waals surface area contributed by atoms with Gasteiger partial charge in [0.25, 0.3) is 0 Å². The summed E-state index contributed by atoms with van der Waals surface area (Å²) in [6, 6.07) is 12.7. The zero-order chi connectivity index (χ0) is 19.4. The van der Waals surface area contributed by atoms with Crippen molar-refractivity contribution in [3.63, 3.8) is 0 Å². The molecule has 0 aromatic heterocycles. The van der Waals surface area contributed by atoms with E-state index in [4.69, 9.17) is 21.1 Å². The van der Waals surface area contributed by atoms with Crippen LogP contribution >= 0.6 is 11.6 Å². The van der Waals surface area contributed by atoms with Crippen LogP contribution in [-0.4, -0.2) is 38.9 Å². The lowest BCUT2D eigenvalue weighted by Gasteiger charge is -2.30. The fourth-order valence-corrected chi connectivity index (χ4v) is 4.60. The fraction of sp³-hybridized carbons (Fsp3) is 0.316. The summed E-state index contributed by atoms with van der Waals surface area (Å²) in [7, 11) is -2.16. The normalized spacial score (nSPS) is 18.1. The zero-order valence-corrected chi connectivity index (χ0v) is 16.4. The van der Waals surface area contributed by atoms with Gasteiger partial charge in [0.05, 0.1) is 17.9 Å². The van der Waals surface area contributed by atoms with Crippen molar-refractivity contribution in [2.45, 2.75) is 17.7 Å². The number of esters is 1. The summed E-state index contributed by atoms with van der Waals surface area (Å²) in [5.74, 6) is 0.0194. The van der Waals surface area contributed by atoms with Crippen LogP contribution in [0.5, 0.6) is 11.5 Å². The second kappa shape index (κ2) is 8.29. The molecule has 27 heavy (non-hydrogen) atoms. The molecule has 0 N–H and O–H groups in total. The van der Waals surface area contributed by atoms with E-state index in [1.807, 2.05) is 0 Å². The van der Waals surface area contributed by atoms with Crippen molar-refractivity contribution in [3.05, 3.63) is 53.6 Å². The Balaban J connectivity index is 1.70. The number of hydrogen-bond donors (Lipinski definition) is 0. The van der Waals surface area contributed by atoms with Gasteiger partial charge in [0.15, 0.2) is 0 Å². The highest BCUT2D eigenvalue weighted by Gasteiger charge is 2.34. The lowest BCUT2D eigenvalue weighted by molar-refractivity contribution is -0.140. The molecule has 1 atom stereocenters. The SMILES string of the molecule is COc1ccc(S(=O)(=O)N2CCCC(C(=O)Oc3ccc(Cl)cc3)C2)cc1. The number of rotatable bonds is 5. The Labute approximate surface area is 163 Å². The van der Waals surface area contributed by atoms with Crippen molar-refractivity contribution < 1.29 is 22.7 Å². The maximum Gasteiger partial charge on any atom is 0.315 e. The molecule has 3 rings (SSSR count). The summed E-state index contributed by atoms with van der Waals surface area (Å²) in [6.45, 7) is 0.472. The van der Waals surface area contributed by atoms with Gasteiger partial charge in [-0.3, -0.25) is 4.79 Å². The molecule has 0 saturated carbocycles. The molecule has 6 nitrogen and oxygen atoms in total. The molecular weight excluding hydrogens is 390 g/mol. The first-order chi connectivity index (χ1) is 12.9. The van der Waals surface area contributed by atoms with Gasteiger partial charge in [-0.15, -0.1) is 0 Å². The van der Waals surface area contributed by atoms with Gasteiger partial charge in [-0.1, -0.05) is 11.6 Å². The molecule has 144 valence electrons. The largest absolute Gasteiger partial charge is 0.497 e. The molecule has 0 aliphatic carbocycles. The molecule has 1 fully saturated rings. The molecule has 1 aliphatic rings. The number of carbonyl (C=O) groups excluding carboxylic acids is 1. The van der Waals surface area contributed by atoms with Crippen LogP contribution < -0.4 is 9.47 Å². The van der Waals surface area contributed by atoms with Gasteiger partial charge in [0.1, 0.15) is 11.5 Å². The standard InChI is InChI=1S/C19H20ClNO5S/c1-25-16-8-10-18(11-9-16)27(23,24)21-12-2-3-14(13-21)19(22)26-17-6-4-15(20)5-7-17/h4-11,14H,2-3,12-13H2,1H3. The summed E-state index contributed by atoms with van der Waals surface area (Å²) in [4.78, 5) is 12.6. The molecule has 1 aliphatic heterocycles. The smallest absolute Gasteiger partial charge is 0.315 e. The Hall–Kier alpha value is -2.09. The number of nitrogens with zero attached hydrogens (tertiary/aromatic N) is 1. The molecule has 0 bridgehead atoms. The third-order valence-electron chi connectivity index (χ3n) is 4.45. The second-order valence-corrected chi connectivity index (χ2v) is 8.63. The Bertz CT molecular complexity index is 897. The van der Waals surface area contributed by atoms with Crippen LogP contribution in [0.3, 0.4) is 0 Å². The van der Waals surface area contributed by atoms with E-state index in [9.17, 15) is 13.2 Å². The monoisotopic (exact) mass is 409 g/mol. The van der Waals surface area contributed by atoms with Gasteiger partial charge in [-0.25, -0.2) is 8.42 Å². The van der Waals surface area contributed by atoms with Gasteiger partial charge < -0.3 is 9.47 Å². The van der Waals surface area contributed by atoms with E-state index in [2.05, 4.69) is 0 Å². The number of halogens is 1. The number of carbonyl (C=O) groups is 1. The van der Waals surface area contributed by atoms with Crippen molar-refractivity contribution >= 4 is 27.6 Å². The van der Waals surface area contributed by atoms with Crippen molar-refractivity contribution in [2.24, 2.45) is 5.92 Å². The van der Waals surface area contributed by atoms with Crippen LogP contribution in [0.1, 0.15) is 12.8 Å². The molecule has 1 saturated heterocycles. The Morgan fingerprint density at radius 3 is 2.33 bits per heavy atom. The van der Waals surface area contributed by atoms with Gasteiger partial charge in [-0.05, 0) is 61.4 Å². The highest BCUT2D eigenvalue weighted by atomic mass is 35.5. The summed E-state index contributed by atoms with van der Waals surface area (Å²) in [5, 5.41) is 0.546. The zero-order valence-electron chi connectivity index (χ0n) is 14.8. The minimum absolute atomic E-state index is 0.0980. The van der Waals surface area contributed by atoms with E-state index in [1.165, 1.54) is 23.5 Å². The van der Waals surface area contributed by atoms with E-state index >= 15 is 0 Å². The lowest BCUT2D eigenvalue weighted by Crippen LogP contribution is -2.43. The second-order valence-electron chi connectivity index (χ2n) is 6.25. The summed E-state index contributed by atoms with van der Waals surface area (Å²) in [6.07, 6.45) is 1.18. The van der Waals surface area contributed by atoms with Crippen LogP contribution in [0.2, 0.25) is 5.02 Å². The first-order valence-electron chi connectivity index (χ1n) is 8.51. The van der Waals surface area contributed by atoms with Gasteiger partial charge in [-0.2, -0.15) is 4.31 Å². The van der Waals surface area contributed by atoms with Crippen molar-refractivity contribution in [1.82, 2.24) is 4.31 Å². The van der Waals surface area contributed by atoms with Crippen LogP contribution in [0.4, 0.5) is 0 Å². The fourth-order valence-electron chi connectivity index (χ4n) is 2.95. The number of methoxy groups -OCH3 is 1. The van der Waals surface area contributed by atoms with Crippen molar-refractivity contribution in [2.75, 3.05) is 20.2 Å². The number of hydrogen-bond acceptors (Lipinski definition) is 5. The van der Waals surface area contributed by atoms with Gasteiger partial charge in [0.2, 0.25) is 10.0 Å². The number of piperidine rings is 1. The van der Waals surface area contributed by atoms with Crippen LogP contribution in [0.25, 0.3) is 0 Å². The minimum atomic E-state index is -3.68. The van der Waals surface area contributed by atoms with Crippen LogP contribution in [-0.2, 0) is 14.8 Å². The average molecular weight is 410 g/mol. The maximum absolute atomic E-state index is 12.9. The minimum Gasteiger partial charge on any atom is -0.497 e. The number of sulfonamides is 1. The lowest BCUT2D eigenvalue weighted by atomic mass is 10.00.